The van der Waals surface area contributed by atoms with Gasteiger partial charge >= 0.3 is 0 Å². The van der Waals surface area contributed by atoms with Crippen molar-refractivity contribution in [2.45, 2.75) is 13.0 Å². The summed E-state index contributed by atoms with van der Waals surface area (Å²) in [5, 5.41) is 9.74. The van der Waals surface area contributed by atoms with Gasteiger partial charge in [-0.2, -0.15) is 12.8 Å². The van der Waals surface area contributed by atoms with E-state index >= 15 is 0 Å². The van der Waals surface area contributed by atoms with Crippen molar-refractivity contribution in [2.24, 2.45) is 0 Å². The van der Waals surface area contributed by atoms with Crippen LogP contribution in [0.1, 0.15) is 6.92 Å². The smallest absolute Gasteiger partial charge is 0.267 e. The summed E-state index contributed by atoms with van der Waals surface area (Å²) < 4.78 is 54.0. The van der Waals surface area contributed by atoms with E-state index in [-0.39, 0.29) is 47.6 Å². The minimum atomic E-state index is -4.28. The molecule has 1 unspecified atom stereocenters. The molecule has 1 radical (unpaired) electrons. The van der Waals surface area contributed by atoms with Crippen LogP contribution in [0.25, 0.3) is 0 Å². The van der Waals surface area contributed by atoms with Crippen molar-refractivity contribution >= 4 is 45.4 Å². The number of nitrogens with zero attached hydrogens (tertiary/aromatic N) is 1. The van der Waals surface area contributed by atoms with Gasteiger partial charge in [-0.1, -0.05) is 0 Å². The maximum Gasteiger partial charge on any atom is 0.267 e. The molecule has 0 aliphatic carbocycles. The van der Waals surface area contributed by atoms with Gasteiger partial charge in [-0.15, -0.1) is 0 Å². The number of hydrogen-bond donors (Lipinski definition) is 2. The van der Waals surface area contributed by atoms with Gasteiger partial charge < -0.3 is 19.5 Å². The Morgan fingerprint density at radius 3 is 2.09 bits per heavy atom. The number of halogens is 1. The molecule has 1 atom stereocenters. The molecule has 0 fully saturated rings. The van der Waals surface area contributed by atoms with Crippen molar-refractivity contribution in [3.8, 4) is 11.5 Å². The Balaban J connectivity index is 0.00000484. The number of hydrogen-bond acceptors (Lipinski definition) is 6. The first-order valence-corrected chi connectivity index (χ1v) is 8.12. The van der Waals surface area contributed by atoms with E-state index in [2.05, 4.69) is 0 Å². The summed E-state index contributed by atoms with van der Waals surface area (Å²) >= 11 is 0. The topological polar surface area (TPSA) is 96.3 Å². The van der Waals surface area contributed by atoms with Crippen LogP contribution in [0.15, 0.2) is 12.1 Å². The summed E-state index contributed by atoms with van der Waals surface area (Å²) in [6.45, 7) is 2.14. The van der Waals surface area contributed by atoms with Crippen molar-refractivity contribution in [1.82, 2.24) is 0 Å². The van der Waals surface area contributed by atoms with Gasteiger partial charge in [-0.3, -0.25) is 4.55 Å². The van der Waals surface area contributed by atoms with Crippen LogP contribution in [0.4, 0.5) is 10.1 Å². The number of aliphatic hydroxyl groups excluding tert-OH is 1. The second kappa shape index (κ2) is 9.65. The van der Waals surface area contributed by atoms with Gasteiger partial charge in [-0.05, 0) is 6.92 Å². The summed E-state index contributed by atoms with van der Waals surface area (Å²) in [7, 11) is -1.66. The van der Waals surface area contributed by atoms with E-state index in [0.29, 0.717) is 12.2 Å². The Labute approximate surface area is 157 Å². The first kappa shape index (κ1) is 22.4. The van der Waals surface area contributed by atoms with E-state index in [1.807, 2.05) is 0 Å². The molecule has 1 aromatic rings. The number of likely N-dealkylation sites (N-methyl/N-ethyl adjacent to an activating group) is 1. The quantitative estimate of drug-likeness (QED) is 0.516. The molecule has 0 amide bonds. The van der Waals surface area contributed by atoms with Gasteiger partial charge in [-0.25, -0.2) is 0 Å². The van der Waals surface area contributed by atoms with Crippen LogP contribution in [0.5, 0.6) is 11.5 Å². The zero-order valence-corrected chi connectivity index (χ0v) is 16.4. The molecule has 127 valence electrons. The second-order valence-corrected chi connectivity index (χ2v) is 6.10. The molecule has 1 aromatic carbocycles. The van der Waals surface area contributed by atoms with E-state index in [1.165, 1.54) is 26.4 Å². The third-order valence-electron chi connectivity index (χ3n) is 3.01. The van der Waals surface area contributed by atoms with Crippen LogP contribution in [-0.2, 0) is 10.1 Å². The molecule has 23 heavy (non-hydrogen) atoms. The first-order valence-electron chi connectivity index (χ1n) is 6.51. The molecule has 0 heterocycles. The van der Waals surface area contributed by atoms with Crippen LogP contribution in [0, 0.1) is 5.82 Å². The molecular weight excluding hydrogens is 340 g/mol. The average molecular weight is 360 g/mol. The number of ether oxygens (including phenoxy) is 2. The van der Waals surface area contributed by atoms with Gasteiger partial charge in [0.05, 0.1) is 20.3 Å². The predicted molar refractivity (Wildman–Crippen MR) is 85.6 cm³/mol. The fraction of sp³-hybridized carbons (Fsp3) is 0.538. The van der Waals surface area contributed by atoms with Crippen LogP contribution in [-0.4, -0.2) is 86.8 Å². The Morgan fingerprint density at radius 2 is 1.74 bits per heavy atom. The first-order chi connectivity index (χ1) is 10.2. The Morgan fingerprint density at radius 1 is 1.26 bits per heavy atom. The van der Waals surface area contributed by atoms with Crippen molar-refractivity contribution in [3.63, 3.8) is 0 Å². The summed E-state index contributed by atoms with van der Waals surface area (Å²) in [5.41, 5.74) is 0.493. The Hall–Kier alpha value is -0.580. The van der Waals surface area contributed by atoms with Crippen molar-refractivity contribution < 1.29 is 31.9 Å². The van der Waals surface area contributed by atoms with Gasteiger partial charge in [0.15, 0.2) is 11.5 Å². The Bertz CT molecular complexity index is 587. The number of methoxy groups -OCH3 is 2. The second-order valence-electron chi connectivity index (χ2n) is 4.61. The number of benzene rings is 1. The zero-order valence-electron chi connectivity index (χ0n) is 13.6. The van der Waals surface area contributed by atoms with E-state index in [4.69, 9.17) is 14.0 Å². The molecular formula is C13H20FNNaO6S. The van der Waals surface area contributed by atoms with Gasteiger partial charge in [0, 0.05) is 60.5 Å². The van der Waals surface area contributed by atoms with E-state index in [1.54, 1.807) is 11.8 Å². The molecule has 1 rings (SSSR count). The molecule has 0 aromatic heterocycles. The number of anilines is 1. The van der Waals surface area contributed by atoms with Crippen molar-refractivity contribution in [2.75, 3.05) is 38.0 Å². The maximum atomic E-state index is 13.9. The summed E-state index contributed by atoms with van der Waals surface area (Å²) in [6, 6.07) is 2.84. The molecule has 0 aliphatic rings. The average Bonchev–Trinajstić information content (AvgIpc) is 2.43. The minimum absolute atomic E-state index is 0. The van der Waals surface area contributed by atoms with Crippen molar-refractivity contribution in [3.05, 3.63) is 17.9 Å². The molecule has 0 bridgehead atoms. The third kappa shape index (κ3) is 6.82. The molecule has 0 aliphatic heterocycles. The Kier molecular flexibility index (Phi) is 9.41. The summed E-state index contributed by atoms with van der Waals surface area (Å²) in [4.78, 5) is 1.61. The van der Waals surface area contributed by atoms with Crippen LogP contribution in [0.2, 0.25) is 0 Å². The molecule has 0 saturated heterocycles. The van der Waals surface area contributed by atoms with E-state index in [0.717, 1.165) is 0 Å². The van der Waals surface area contributed by atoms with Gasteiger partial charge in [0.2, 0.25) is 5.82 Å². The van der Waals surface area contributed by atoms with Crippen LogP contribution < -0.4 is 14.4 Å². The number of aliphatic hydroxyl groups is 1. The molecule has 0 spiro atoms. The van der Waals surface area contributed by atoms with E-state index in [9.17, 15) is 17.9 Å². The van der Waals surface area contributed by atoms with Crippen molar-refractivity contribution in [1.29, 1.82) is 0 Å². The SMILES string of the molecule is CCN(CC(O)CS(=O)(=O)O)c1cc(OC)c(F)c(OC)c1.[Na]. The third-order valence-corrected chi connectivity index (χ3v) is 3.82. The molecule has 7 nitrogen and oxygen atoms in total. The zero-order chi connectivity index (χ0) is 16.9. The molecule has 2 N–H and O–H groups in total. The minimum Gasteiger partial charge on any atom is -0.493 e. The predicted octanol–water partition coefficient (Wildman–Crippen LogP) is 0.537. The summed E-state index contributed by atoms with van der Waals surface area (Å²) in [6.07, 6.45) is -1.29. The largest absolute Gasteiger partial charge is 0.493 e. The monoisotopic (exact) mass is 360 g/mol. The number of rotatable bonds is 8. The maximum absolute atomic E-state index is 13.9. The fourth-order valence-electron chi connectivity index (χ4n) is 2.01. The molecule has 0 saturated carbocycles. The summed E-state index contributed by atoms with van der Waals surface area (Å²) in [5.74, 6) is -1.49. The van der Waals surface area contributed by atoms with Gasteiger partial charge in [0.25, 0.3) is 10.1 Å². The van der Waals surface area contributed by atoms with Crippen LogP contribution in [0.3, 0.4) is 0 Å². The standard InChI is InChI=1S/C13H20FNO6S.Na/c1-4-15(7-10(16)8-22(17,18)19)9-5-11(20-2)13(14)12(6-9)21-3;/h5-6,10,16H,4,7-8H2,1-3H3,(H,17,18,19);. The van der Waals surface area contributed by atoms with E-state index < -0.39 is 27.8 Å². The van der Waals surface area contributed by atoms with Gasteiger partial charge in [0.1, 0.15) is 5.75 Å². The molecule has 10 heteroatoms. The fourth-order valence-corrected chi connectivity index (χ4v) is 2.60. The van der Waals surface area contributed by atoms with Crippen LogP contribution >= 0.6 is 0 Å². The normalized spacial score (nSPS) is 12.3.